The molecule has 0 N–H and O–H groups in total. The van der Waals surface area contributed by atoms with Gasteiger partial charge in [0.25, 0.3) is 0 Å². The molecule has 0 amide bonds. The Labute approximate surface area is 106 Å². The molecule has 0 fully saturated rings. The van der Waals surface area contributed by atoms with Crippen LogP contribution in [0.2, 0.25) is 0 Å². The third kappa shape index (κ3) is 1.84. The predicted molar refractivity (Wildman–Crippen MR) is 71.8 cm³/mol. The maximum atomic E-state index is 5.44. The number of pyridine rings is 1. The molecule has 0 aliphatic rings. The molecule has 3 rings (SSSR count). The van der Waals surface area contributed by atoms with Crippen molar-refractivity contribution in [2.45, 2.75) is 6.92 Å². The van der Waals surface area contributed by atoms with E-state index in [1.807, 2.05) is 49.6 Å². The van der Waals surface area contributed by atoms with Crippen LogP contribution < -0.4 is 4.74 Å². The number of benzene rings is 1. The molecule has 1 aromatic carbocycles. The second-order valence-electron chi connectivity index (χ2n) is 4.03. The third-order valence-corrected chi connectivity index (χ3v) is 2.88. The van der Waals surface area contributed by atoms with Crippen LogP contribution in [-0.2, 0) is 0 Å². The van der Waals surface area contributed by atoms with Crippen LogP contribution in [0.3, 0.4) is 0 Å². The van der Waals surface area contributed by atoms with Crippen molar-refractivity contribution >= 4 is 5.65 Å². The average molecular weight is 238 g/mol. The SMILES string of the molecule is CCOc1ccc(-c2cnc3ccccn23)cc1. The Bertz CT molecular complexity index is 656. The summed E-state index contributed by atoms with van der Waals surface area (Å²) in [5, 5.41) is 0. The summed E-state index contributed by atoms with van der Waals surface area (Å²) in [5.41, 5.74) is 3.19. The Balaban J connectivity index is 2.03. The molecular formula is C15H14N2O. The number of hydrogen-bond donors (Lipinski definition) is 0. The minimum absolute atomic E-state index is 0.689. The largest absolute Gasteiger partial charge is 0.494 e. The van der Waals surface area contributed by atoms with E-state index in [4.69, 9.17) is 4.74 Å². The lowest BCUT2D eigenvalue weighted by atomic mass is 10.1. The van der Waals surface area contributed by atoms with Gasteiger partial charge in [0.05, 0.1) is 18.5 Å². The molecular weight excluding hydrogens is 224 g/mol. The Kier molecular flexibility index (Phi) is 2.73. The highest BCUT2D eigenvalue weighted by molar-refractivity contribution is 5.64. The maximum Gasteiger partial charge on any atom is 0.137 e. The number of aromatic nitrogens is 2. The van der Waals surface area contributed by atoms with Gasteiger partial charge in [-0.25, -0.2) is 4.98 Å². The van der Waals surface area contributed by atoms with Crippen LogP contribution in [0.1, 0.15) is 6.92 Å². The molecule has 3 heteroatoms. The van der Waals surface area contributed by atoms with Crippen LogP contribution in [-0.4, -0.2) is 16.0 Å². The van der Waals surface area contributed by atoms with Crippen molar-refractivity contribution in [2.24, 2.45) is 0 Å². The molecule has 0 saturated heterocycles. The topological polar surface area (TPSA) is 26.5 Å². The van der Waals surface area contributed by atoms with E-state index in [-0.39, 0.29) is 0 Å². The van der Waals surface area contributed by atoms with Gasteiger partial charge in [0.15, 0.2) is 0 Å². The summed E-state index contributed by atoms with van der Waals surface area (Å²) in [6.45, 7) is 2.67. The van der Waals surface area contributed by atoms with Gasteiger partial charge in [0, 0.05) is 11.8 Å². The highest BCUT2D eigenvalue weighted by atomic mass is 16.5. The molecule has 0 radical (unpaired) electrons. The zero-order valence-electron chi connectivity index (χ0n) is 10.2. The zero-order valence-corrected chi connectivity index (χ0v) is 10.2. The number of fused-ring (bicyclic) bond motifs is 1. The van der Waals surface area contributed by atoms with Crippen LogP contribution in [0, 0.1) is 0 Å². The van der Waals surface area contributed by atoms with Gasteiger partial charge in [-0.2, -0.15) is 0 Å². The van der Waals surface area contributed by atoms with E-state index in [0.717, 1.165) is 22.7 Å². The molecule has 0 aliphatic heterocycles. The summed E-state index contributed by atoms with van der Waals surface area (Å²) in [6, 6.07) is 14.1. The first kappa shape index (κ1) is 10.8. The molecule has 0 atom stereocenters. The van der Waals surface area contributed by atoms with Crippen LogP contribution in [0.15, 0.2) is 54.9 Å². The van der Waals surface area contributed by atoms with Crippen LogP contribution >= 0.6 is 0 Å². The molecule has 0 unspecified atom stereocenters. The predicted octanol–water partition coefficient (Wildman–Crippen LogP) is 3.40. The van der Waals surface area contributed by atoms with E-state index in [1.165, 1.54) is 0 Å². The van der Waals surface area contributed by atoms with Gasteiger partial charge in [-0.05, 0) is 43.3 Å². The summed E-state index contributed by atoms with van der Waals surface area (Å²) in [5.74, 6) is 0.898. The van der Waals surface area contributed by atoms with Gasteiger partial charge < -0.3 is 4.74 Å². The fraction of sp³-hybridized carbons (Fsp3) is 0.133. The van der Waals surface area contributed by atoms with E-state index in [1.54, 1.807) is 0 Å². The summed E-state index contributed by atoms with van der Waals surface area (Å²) < 4.78 is 7.52. The number of rotatable bonds is 3. The van der Waals surface area contributed by atoms with E-state index in [2.05, 4.69) is 21.5 Å². The van der Waals surface area contributed by atoms with E-state index >= 15 is 0 Å². The van der Waals surface area contributed by atoms with Crippen LogP contribution in [0.25, 0.3) is 16.9 Å². The van der Waals surface area contributed by atoms with Crippen LogP contribution in [0.5, 0.6) is 5.75 Å². The molecule has 0 aliphatic carbocycles. The Morgan fingerprint density at radius 3 is 2.72 bits per heavy atom. The van der Waals surface area contributed by atoms with Crippen molar-refractivity contribution in [1.29, 1.82) is 0 Å². The van der Waals surface area contributed by atoms with E-state index in [0.29, 0.717) is 6.61 Å². The first-order valence-corrected chi connectivity index (χ1v) is 6.04. The molecule has 18 heavy (non-hydrogen) atoms. The standard InChI is InChI=1S/C15H14N2O/c1-2-18-13-8-6-12(7-9-13)14-11-16-15-5-3-4-10-17(14)15/h3-11H,2H2,1H3. The van der Waals surface area contributed by atoms with Crippen LogP contribution in [0.4, 0.5) is 0 Å². The number of hydrogen-bond acceptors (Lipinski definition) is 2. The lowest BCUT2D eigenvalue weighted by Crippen LogP contribution is -1.91. The highest BCUT2D eigenvalue weighted by Gasteiger charge is 2.04. The highest BCUT2D eigenvalue weighted by Crippen LogP contribution is 2.23. The second-order valence-corrected chi connectivity index (χ2v) is 4.03. The van der Waals surface area contributed by atoms with Crippen molar-refractivity contribution < 1.29 is 4.74 Å². The average Bonchev–Trinajstić information content (AvgIpc) is 2.84. The first-order valence-electron chi connectivity index (χ1n) is 6.04. The van der Waals surface area contributed by atoms with Gasteiger partial charge in [0.1, 0.15) is 11.4 Å². The summed E-state index contributed by atoms with van der Waals surface area (Å²) in [4.78, 5) is 4.39. The third-order valence-electron chi connectivity index (χ3n) is 2.88. The van der Waals surface area contributed by atoms with Crippen molar-refractivity contribution in [2.75, 3.05) is 6.61 Å². The lowest BCUT2D eigenvalue weighted by Gasteiger charge is -2.05. The van der Waals surface area contributed by atoms with Gasteiger partial charge in [0.2, 0.25) is 0 Å². The second kappa shape index (κ2) is 4.53. The number of nitrogens with zero attached hydrogens (tertiary/aromatic N) is 2. The minimum Gasteiger partial charge on any atom is -0.494 e. The quantitative estimate of drug-likeness (QED) is 0.699. The lowest BCUT2D eigenvalue weighted by molar-refractivity contribution is 0.340. The van der Waals surface area contributed by atoms with Crippen molar-refractivity contribution in [3.63, 3.8) is 0 Å². The summed E-state index contributed by atoms with van der Waals surface area (Å²) in [7, 11) is 0. The van der Waals surface area contributed by atoms with Crippen molar-refractivity contribution in [3.05, 3.63) is 54.9 Å². The maximum absolute atomic E-state index is 5.44. The zero-order chi connectivity index (χ0) is 12.4. The molecule has 0 spiro atoms. The Morgan fingerprint density at radius 1 is 1.11 bits per heavy atom. The fourth-order valence-electron chi connectivity index (χ4n) is 2.03. The van der Waals surface area contributed by atoms with Gasteiger partial charge in [-0.3, -0.25) is 4.40 Å². The molecule has 2 aromatic heterocycles. The Morgan fingerprint density at radius 2 is 1.94 bits per heavy atom. The van der Waals surface area contributed by atoms with Crippen molar-refractivity contribution in [1.82, 2.24) is 9.38 Å². The summed E-state index contributed by atoms with van der Waals surface area (Å²) in [6.07, 6.45) is 3.92. The van der Waals surface area contributed by atoms with Gasteiger partial charge in [-0.1, -0.05) is 6.07 Å². The minimum atomic E-state index is 0.689. The van der Waals surface area contributed by atoms with Gasteiger partial charge >= 0.3 is 0 Å². The Hall–Kier alpha value is -2.29. The normalized spacial score (nSPS) is 10.7. The smallest absolute Gasteiger partial charge is 0.137 e. The molecule has 90 valence electrons. The van der Waals surface area contributed by atoms with Gasteiger partial charge in [-0.15, -0.1) is 0 Å². The number of imidazole rings is 1. The van der Waals surface area contributed by atoms with E-state index in [9.17, 15) is 0 Å². The van der Waals surface area contributed by atoms with E-state index < -0.39 is 0 Å². The number of ether oxygens (including phenoxy) is 1. The molecule has 3 aromatic rings. The monoisotopic (exact) mass is 238 g/mol. The first-order chi connectivity index (χ1) is 8.88. The molecule has 3 nitrogen and oxygen atoms in total. The van der Waals surface area contributed by atoms with Crippen molar-refractivity contribution in [3.8, 4) is 17.0 Å². The summed E-state index contributed by atoms with van der Waals surface area (Å²) >= 11 is 0. The molecule has 0 saturated carbocycles. The molecule has 2 heterocycles. The molecule has 0 bridgehead atoms. The fourth-order valence-corrected chi connectivity index (χ4v) is 2.03.